The maximum atomic E-state index is 5.89. The first-order valence-corrected chi connectivity index (χ1v) is 6.98. The van der Waals surface area contributed by atoms with Crippen molar-refractivity contribution >= 4 is 23.5 Å². The van der Waals surface area contributed by atoms with E-state index in [1.54, 1.807) is 0 Å². The molecule has 4 heteroatoms. The predicted molar refractivity (Wildman–Crippen MR) is 60.7 cm³/mol. The van der Waals surface area contributed by atoms with E-state index in [2.05, 4.69) is 25.6 Å². The molecule has 0 aromatic rings. The van der Waals surface area contributed by atoms with E-state index in [0.29, 0.717) is 15.4 Å². The monoisotopic (exact) mass is 232 g/mol. The van der Waals surface area contributed by atoms with Crippen LogP contribution in [0, 0.1) is 0 Å². The molecule has 3 saturated heterocycles. The quantitative estimate of drug-likeness (QED) is 0.638. The van der Waals surface area contributed by atoms with Crippen molar-refractivity contribution in [1.82, 2.24) is 0 Å². The summed E-state index contributed by atoms with van der Waals surface area (Å²) < 4.78 is 11.9. The van der Waals surface area contributed by atoms with Crippen molar-refractivity contribution in [2.45, 2.75) is 47.1 Å². The molecule has 3 aliphatic heterocycles. The van der Waals surface area contributed by atoms with Gasteiger partial charge in [0.2, 0.25) is 0 Å². The minimum atomic E-state index is 0.0621. The lowest BCUT2D eigenvalue weighted by molar-refractivity contribution is 0.0986. The lowest BCUT2D eigenvalue weighted by Gasteiger charge is -2.28. The first kappa shape index (κ1) is 9.82. The van der Waals surface area contributed by atoms with Crippen molar-refractivity contribution in [2.24, 2.45) is 0 Å². The summed E-state index contributed by atoms with van der Waals surface area (Å²) in [6, 6.07) is 0. The average molecular weight is 232 g/mol. The van der Waals surface area contributed by atoms with E-state index in [0.717, 1.165) is 13.2 Å². The van der Waals surface area contributed by atoms with Gasteiger partial charge >= 0.3 is 0 Å². The summed E-state index contributed by atoms with van der Waals surface area (Å²) in [5, 5.41) is 0.677. The van der Waals surface area contributed by atoms with Gasteiger partial charge in [-0.2, -0.15) is 0 Å². The van der Waals surface area contributed by atoms with Crippen molar-refractivity contribution in [2.75, 3.05) is 13.2 Å². The number of hydrogen-bond acceptors (Lipinski definition) is 4. The maximum Gasteiger partial charge on any atom is 0.124 e. The zero-order chi connectivity index (χ0) is 9.81. The molecule has 0 aromatic carbocycles. The third-order valence-corrected chi connectivity index (χ3v) is 7.79. The lowest BCUT2D eigenvalue weighted by atomic mass is 10.2. The summed E-state index contributed by atoms with van der Waals surface area (Å²) in [7, 11) is 0. The van der Waals surface area contributed by atoms with E-state index in [1.165, 1.54) is 12.8 Å². The van der Waals surface area contributed by atoms with Crippen LogP contribution in [-0.2, 0) is 9.47 Å². The summed E-state index contributed by atoms with van der Waals surface area (Å²) in [5.41, 5.74) is 0. The van der Waals surface area contributed by atoms with E-state index < -0.39 is 0 Å². The van der Waals surface area contributed by atoms with Crippen molar-refractivity contribution in [1.29, 1.82) is 0 Å². The fraction of sp³-hybridized carbons (Fsp3) is 1.00. The molecule has 1 spiro atoms. The van der Waals surface area contributed by atoms with Crippen LogP contribution in [0.2, 0.25) is 0 Å². The highest BCUT2D eigenvalue weighted by atomic mass is 32.2. The summed E-state index contributed by atoms with van der Waals surface area (Å²) >= 11 is 4.13. The van der Waals surface area contributed by atoms with E-state index in [-0.39, 0.29) is 4.93 Å². The Hall–Kier alpha value is 0.620. The molecule has 3 fully saturated rings. The minimum absolute atomic E-state index is 0.0621. The molecule has 3 aliphatic rings. The van der Waals surface area contributed by atoms with Gasteiger partial charge in [0.25, 0.3) is 0 Å². The molecule has 0 bridgehead atoms. The van der Waals surface area contributed by atoms with Crippen LogP contribution in [0.5, 0.6) is 0 Å². The van der Waals surface area contributed by atoms with Crippen LogP contribution in [0.1, 0.15) is 26.7 Å². The molecule has 0 N–H and O–H groups in total. The van der Waals surface area contributed by atoms with Crippen LogP contribution in [0.25, 0.3) is 0 Å². The zero-order valence-corrected chi connectivity index (χ0v) is 10.2. The Kier molecular flexibility index (Phi) is 2.15. The smallest absolute Gasteiger partial charge is 0.124 e. The largest absolute Gasteiger partial charge is 0.376 e. The van der Waals surface area contributed by atoms with Gasteiger partial charge in [0, 0.05) is 18.5 Å². The number of ether oxygens (including phenoxy) is 2. The third-order valence-electron chi connectivity index (χ3n) is 3.51. The molecule has 0 amide bonds. The molecule has 2 nitrogen and oxygen atoms in total. The van der Waals surface area contributed by atoms with Crippen molar-refractivity contribution in [3.05, 3.63) is 0 Å². The maximum absolute atomic E-state index is 5.89. The molecule has 0 saturated carbocycles. The Morgan fingerprint density at radius 2 is 2.21 bits per heavy atom. The number of hydrogen-bond donors (Lipinski definition) is 0. The number of thioether (sulfide) groups is 2. The summed E-state index contributed by atoms with van der Waals surface area (Å²) in [4.78, 5) is 0.0621. The van der Waals surface area contributed by atoms with Gasteiger partial charge in [-0.25, -0.2) is 0 Å². The van der Waals surface area contributed by atoms with E-state index in [4.69, 9.17) is 9.47 Å². The van der Waals surface area contributed by atoms with Gasteiger partial charge in [0.15, 0.2) is 0 Å². The Bertz CT molecular complexity index is 261. The van der Waals surface area contributed by atoms with Crippen molar-refractivity contribution in [3.63, 3.8) is 0 Å². The molecule has 0 radical (unpaired) electrons. The Balaban J connectivity index is 1.87. The molecule has 0 aromatic heterocycles. The highest BCUT2D eigenvalue weighted by Gasteiger charge is 2.60. The van der Waals surface area contributed by atoms with Gasteiger partial charge in [-0.05, 0) is 26.7 Å². The fourth-order valence-electron chi connectivity index (χ4n) is 2.59. The van der Waals surface area contributed by atoms with Gasteiger partial charge < -0.3 is 9.47 Å². The Morgan fingerprint density at radius 3 is 2.86 bits per heavy atom. The normalized spacial score (nSPS) is 57.0. The number of rotatable bonds is 0. The molecule has 3 rings (SSSR count). The van der Waals surface area contributed by atoms with E-state index in [1.807, 2.05) is 11.8 Å². The average Bonchev–Trinajstić information content (AvgIpc) is 2.67. The topological polar surface area (TPSA) is 18.5 Å². The fourth-order valence-corrected chi connectivity index (χ4v) is 6.85. The van der Waals surface area contributed by atoms with Gasteiger partial charge in [0.1, 0.15) is 4.93 Å². The molecule has 14 heavy (non-hydrogen) atoms. The van der Waals surface area contributed by atoms with Gasteiger partial charge in [0.05, 0.1) is 10.2 Å². The molecular formula is C10H16O2S2. The van der Waals surface area contributed by atoms with Gasteiger partial charge in [-0.3, -0.25) is 0 Å². The molecule has 4 atom stereocenters. The first-order valence-electron chi connectivity index (χ1n) is 5.28. The van der Waals surface area contributed by atoms with Crippen molar-refractivity contribution in [3.8, 4) is 0 Å². The summed E-state index contributed by atoms with van der Waals surface area (Å²) in [6.07, 6.45) is 2.77. The molecule has 0 aliphatic carbocycles. The number of fused-ring (bicyclic) bond motifs is 1. The minimum Gasteiger partial charge on any atom is -0.376 e. The van der Waals surface area contributed by atoms with Gasteiger partial charge in [-0.1, -0.05) is 0 Å². The second-order valence-electron chi connectivity index (χ2n) is 4.44. The van der Waals surface area contributed by atoms with Crippen LogP contribution in [0.3, 0.4) is 0 Å². The first-order chi connectivity index (χ1) is 6.65. The molecule has 80 valence electrons. The van der Waals surface area contributed by atoms with Crippen LogP contribution in [0.15, 0.2) is 0 Å². The Morgan fingerprint density at radius 1 is 1.36 bits per heavy atom. The third kappa shape index (κ3) is 1.20. The van der Waals surface area contributed by atoms with Crippen LogP contribution >= 0.6 is 23.5 Å². The lowest BCUT2D eigenvalue weighted by Crippen LogP contribution is -2.29. The Labute approximate surface area is 93.5 Å². The summed E-state index contributed by atoms with van der Waals surface area (Å²) in [5.74, 6) is 0. The summed E-state index contributed by atoms with van der Waals surface area (Å²) in [6.45, 7) is 6.32. The second kappa shape index (κ2) is 3.06. The highest BCUT2D eigenvalue weighted by Crippen LogP contribution is 2.66. The SMILES string of the molecule is C[C@@H]1OCC[C@]12S[C@@H]1CCO[C@@]1(C)S2. The van der Waals surface area contributed by atoms with E-state index in [9.17, 15) is 0 Å². The second-order valence-corrected chi connectivity index (χ2v) is 7.97. The molecule has 3 heterocycles. The molecule has 0 unspecified atom stereocenters. The molecular weight excluding hydrogens is 216 g/mol. The van der Waals surface area contributed by atoms with Crippen molar-refractivity contribution < 1.29 is 9.47 Å². The zero-order valence-electron chi connectivity index (χ0n) is 8.62. The van der Waals surface area contributed by atoms with Crippen LogP contribution in [-0.4, -0.2) is 33.6 Å². The van der Waals surface area contributed by atoms with Crippen LogP contribution < -0.4 is 0 Å². The standard InChI is InChI=1S/C10H16O2S2/c1-7-10(4-6-11-7)13-8-3-5-12-9(8,2)14-10/h7-8H,3-6H2,1-2H3/t7-,8+,9-,10+/m0/s1. The van der Waals surface area contributed by atoms with Gasteiger partial charge in [-0.15, -0.1) is 23.5 Å². The van der Waals surface area contributed by atoms with E-state index >= 15 is 0 Å². The van der Waals surface area contributed by atoms with Crippen LogP contribution in [0.4, 0.5) is 0 Å². The highest BCUT2D eigenvalue weighted by molar-refractivity contribution is 8.22. The predicted octanol–water partition coefficient (Wildman–Crippen LogP) is 2.48.